The van der Waals surface area contributed by atoms with Crippen molar-refractivity contribution in [3.8, 4) is 0 Å². The molecule has 0 fully saturated rings. The SMILES string of the molecule is CCCCCCCC(C)(N)c1nc(C(C)C)cs1. The lowest BCUT2D eigenvalue weighted by molar-refractivity contribution is 0.419. The van der Waals surface area contributed by atoms with Gasteiger partial charge in [0.2, 0.25) is 0 Å². The summed E-state index contributed by atoms with van der Waals surface area (Å²) >= 11 is 1.72. The maximum Gasteiger partial charge on any atom is 0.112 e. The van der Waals surface area contributed by atoms with Crippen LogP contribution in [0.3, 0.4) is 0 Å². The van der Waals surface area contributed by atoms with Gasteiger partial charge in [0.25, 0.3) is 0 Å². The highest BCUT2D eigenvalue weighted by Crippen LogP contribution is 2.29. The van der Waals surface area contributed by atoms with Gasteiger partial charge in [-0.05, 0) is 19.3 Å². The normalized spacial score (nSPS) is 15.0. The standard InChI is InChI=1S/C15H28N2S/c1-5-6-7-8-9-10-15(4,16)14-17-13(11-18-14)12(2)3/h11-12H,5-10,16H2,1-4H3. The van der Waals surface area contributed by atoms with Gasteiger partial charge in [-0.1, -0.05) is 52.9 Å². The van der Waals surface area contributed by atoms with E-state index in [0.29, 0.717) is 5.92 Å². The van der Waals surface area contributed by atoms with E-state index in [1.165, 1.54) is 37.8 Å². The minimum atomic E-state index is -0.246. The summed E-state index contributed by atoms with van der Waals surface area (Å²) in [4.78, 5) is 4.69. The second kappa shape index (κ2) is 7.25. The van der Waals surface area contributed by atoms with Gasteiger partial charge in [-0.25, -0.2) is 4.98 Å². The number of hydrogen-bond acceptors (Lipinski definition) is 3. The maximum atomic E-state index is 6.41. The van der Waals surface area contributed by atoms with E-state index in [1.807, 2.05) is 0 Å². The monoisotopic (exact) mass is 268 g/mol. The lowest BCUT2D eigenvalue weighted by Crippen LogP contribution is -2.32. The third-order valence-electron chi connectivity index (χ3n) is 3.40. The first-order chi connectivity index (χ1) is 8.47. The van der Waals surface area contributed by atoms with Crippen LogP contribution in [0.4, 0.5) is 0 Å². The van der Waals surface area contributed by atoms with Gasteiger partial charge in [-0.3, -0.25) is 0 Å². The van der Waals surface area contributed by atoms with Crippen molar-refractivity contribution in [2.24, 2.45) is 5.73 Å². The van der Waals surface area contributed by atoms with E-state index < -0.39 is 0 Å². The zero-order chi connectivity index (χ0) is 13.6. The Bertz CT molecular complexity index is 342. The molecule has 0 aliphatic heterocycles. The fourth-order valence-corrected chi connectivity index (χ4v) is 3.10. The van der Waals surface area contributed by atoms with Crippen molar-refractivity contribution >= 4 is 11.3 Å². The van der Waals surface area contributed by atoms with Gasteiger partial charge in [0.15, 0.2) is 0 Å². The Morgan fingerprint density at radius 1 is 1.28 bits per heavy atom. The molecule has 1 rings (SSSR count). The van der Waals surface area contributed by atoms with Crippen LogP contribution in [0.1, 0.15) is 82.8 Å². The van der Waals surface area contributed by atoms with Crippen LogP contribution in [0.15, 0.2) is 5.38 Å². The summed E-state index contributed by atoms with van der Waals surface area (Å²) in [6, 6.07) is 0. The molecule has 0 bridgehead atoms. The van der Waals surface area contributed by atoms with Crippen LogP contribution < -0.4 is 5.73 Å². The first-order valence-electron chi connectivity index (χ1n) is 7.22. The number of thiazole rings is 1. The van der Waals surface area contributed by atoms with Crippen molar-refractivity contribution in [1.29, 1.82) is 0 Å². The Morgan fingerprint density at radius 2 is 1.94 bits per heavy atom. The summed E-state index contributed by atoms with van der Waals surface area (Å²) in [6.45, 7) is 8.72. The van der Waals surface area contributed by atoms with Crippen LogP contribution in [0.25, 0.3) is 0 Å². The average molecular weight is 268 g/mol. The van der Waals surface area contributed by atoms with Crippen molar-refractivity contribution in [2.45, 2.75) is 77.7 Å². The second-order valence-corrected chi connectivity index (χ2v) is 6.67. The fraction of sp³-hybridized carbons (Fsp3) is 0.800. The molecule has 0 saturated heterocycles. The van der Waals surface area contributed by atoms with E-state index in [9.17, 15) is 0 Å². The van der Waals surface area contributed by atoms with Gasteiger partial charge in [0.1, 0.15) is 5.01 Å². The highest BCUT2D eigenvalue weighted by atomic mass is 32.1. The first kappa shape index (κ1) is 15.6. The van der Waals surface area contributed by atoms with E-state index >= 15 is 0 Å². The Labute approximate surface area is 116 Å². The predicted molar refractivity (Wildman–Crippen MR) is 81.1 cm³/mol. The summed E-state index contributed by atoms with van der Waals surface area (Å²) < 4.78 is 0. The summed E-state index contributed by atoms with van der Waals surface area (Å²) in [5, 5.41) is 3.25. The third kappa shape index (κ3) is 4.69. The predicted octanol–water partition coefficient (Wildman–Crippen LogP) is 4.80. The molecule has 0 saturated carbocycles. The Kier molecular flexibility index (Phi) is 6.30. The van der Waals surface area contributed by atoms with Gasteiger partial charge in [-0.15, -0.1) is 11.3 Å². The molecule has 1 atom stereocenters. The number of aromatic nitrogens is 1. The lowest BCUT2D eigenvalue weighted by Gasteiger charge is -2.21. The van der Waals surface area contributed by atoms with Crippen molar-refractivity contribution in [1.82, 2.24) is 4.98 Å². The fourth-order valence-electron chi connectivity index (χ4n) is 2.02. The number of hydrogen-bond donors (Lipinski definition) is 1. The zero-order valence-corrected chi connectivity index (χ0v) is 13.1. The third-order valence-corrected chi connectivity index (χ3v) is 4.54. The van der Waals surface area contributed by atoms with Crippen LogP contribution in [-0.2, 0) is 5.54 Å². The highest BCUT2D eigenvalue weighted by Gasteiger charge is 2.24. The topological polar surface area (TPSA) is 38.9 Å². The largest absolute Gasteiger partial charge is 0.320 e. The molecular weight excluding hydrogens is 240 g/mol. The summed E-state index contributed by atoms with van der Waals surface area (Å²) in [5.41, 5.74) is 7.35. The molecule has 0 radical (unpaired) electrons. The van der Waals surface area contributed by atoms with Crippen molar-refractivity contribution in [3.05, 3.63) is 16.1 Å². The van der Waals surface area contributed by atoms with Crippen LogP contribution in [0, 0.1) is 0 Å². The minimum Gasteiger partial charge on any atom is -0.320 e. The van der Waals surface area contributed by atoms with E-state index in [2.05, 4.69) is 33.1 Å². The van der Waals surface area contributed by atoms with Gasteiger partial charge in [-0.2, -0.15) is 0 Å². The van der Waals surface area contributed by atoms with Crippen LogP contribution in [0.2, 0.25) is 0 Å². The van der Waals surface area contributed by atoms with Gasteiger partial charge < -0.3 is 5.73 Å². The molecule has 104 valence electrons. The van der Waals surface area contributed by atoms with Gasteiger partial charge in [0, 0.05) is 5.38 Å². The second-order valence-electron chi connectivity index (χ2n) is 5.81. The van der Waals surface area contributed by atoms with Crippen LogP contribution in [-0.4, -0.2) is 4.98 Å². The molecule has 1 heterocycles. The average Bonchev–Trinajstić information content (AvgIpc) is 2.78. The van der Waals surface area contributed by atoms with E-state index in [-0.39, 0.29) is 5.54 Å². The zero-order valence-electron chi connectivity index (χ0n) is 12.3. The molecule has 2 nitrogen and oxygen atoms in total. The van der Waals surface area contributed by atoms with Crippen molar-refractivity contribution in [2.75, 3.05) is 0 Å². The molecular formula is C15H28N2S. The molecule has 1 aromatic rings. The molecule has 0 aliphatic rings. The summed E-state index contributed by atoms with van der Waals surface area (Å²) in [5.74, 6) is 0.496. The van der Waals surface area contributed by atoms with Gasteiger partial charge in [0.05, 0.1) is 11.2 Å². The highest BCUT2D eigenvalue weighted by molar-refractivity contribution is 7.09. The molecule has 3 heteroatoms. The molecule has 1 aromatic heterocycles. The Balaban J connectivity index is 2.46. The molecule has 0 amide bonds. The molecule has 0 aromatic carbocycles. The smallest absolute Gasteiger partial charge is 0.112 e. The van der Waals surface area contributed by atoms with E-state index in [1.54, 1.807) is 11.3 Å². The number of nitrogens with zero attached hydrogens (tertiary/aromatic N) is 1. The molecule has 0 spiro atoms. The first-order valence-corrected chi connectivity index (χ1v) is 8.10. The molecule has 18 heavy (non-hydrogen) atoms. The van der Waals surface area contributed by atoms with Crippen LogP contribution >= 0.6 is 11.3 Å². The molecule has 2 N–H and O–H groups in total. The summed E-state index contributed by atoms with van der Waals surface area (Å²) in [7, 11) is 0. The van der Waals surface area contributed by atoms with Crippen molar-refractivity contribution < 1.29 is 0 Å². The van der Waals surface area contributed by atoms with Crippen LogP contribution in [0.5, 0.6) is 0 Å². The number of rotatable bonds is 8. The summed E-state index contributed by atoms with van der Waals surface area (Å²) in [6.07, 6.45) is 7.52. The lowest BCUT2D eigenvalue weighted by atomic mass is 9.96. The van der Waals surface area contributed by atoms with E-state index in [4.69, 9.17) is 10.7 Å². The Morgan fingerprint density at radius 3 is 2.50 bits per heavy atom. The number of nitrogens with two attached hydrogens (primary N) is 1. The molecule has 1 unspecified atom stereocenters. The van der Waals surface area contributed by atoms with E-state index in [0.717, 1.165) is 11.4 Å². The Hall–Kier alpha value is -0.410. The minimum absolute atomic E-state index is 0.246. The van der Waals surface area contributed by atoms with Crippen molar-refractivity contribution in [3.63, 3.8) is 0 Å². The number of unbranched alkanes of at least 4 members (excludes halogenated alkanes) is 4. The quantitative estimate of drug-likeness (QED) is 0.688. The van der Waals surface area contributed by atoms with Gasteiger partial charge >= 0.3 is 0 Å². The maximum absolute atomic E-state index is 6.41. The molecule has 0 aliphatic carbocycles.